The van der Waals surface area contributed by atoms with Crippen LogP contribution in [0, 0.1) is 11.6 Å². The Morgan fingerprint density at radius 2 is 2.00 bits per heavy atom. The lowest BCUT2D eigenvalue weighted by Gasteiger charge is -2.21. The summed E-state index contributed by atoms with van der Waals surface area (Å²) in [6.07, 6.45) is 0.445. The van der Waals surface area contributed by atoms with Gasteiger partial charge in [0.2, 0.25) is 0 Å². The van der Waals surface area contributed by atoms with E-state index in [0.29, 0.717) is 6.42 Å². The molecule has 100 valence electrons. The number of carbonyl (C=O) groups is 1. The van der Waals surface area contributed by atoms with Gasteiger partial charge in [0.1, 0.15) is 0 Å². The van der Waals surface area contributed by atoms with Crippen molar-refractivity contribution in [2.75, 3.05) is 12.3 Å². The topological polar surface area (TPSA) is 75.3 Å². The van der Waals surface area contributed by atoms with E-state index >= 15 is 0 Å². The van der Waals surface area contributed by atoms with Crippen molar-refractivity contribution >= 4 is 11.6 Å². The van der Waals surface area contributed by atoms with E-state index in [0.717, 1.165) is 12.1 Å². The monoisotopic (exact) mass is 258 g/mol. The molecule has 0 saturated carbocycles. The highest BCUT2D eigenvalue weighted by molar-refractivity contribution is 5.99. The van der Waals surface area contributed by atoms with E-state index in [-0.39, 0.29) is 17.8 Å². The van der Waals surface area contributed by atoms with E-state index in [1.165, 1.54) is 0 Å². The lowest BCUT2D eigenvalue weighted by atomic mass is 10.0. The molecule has 0 fully saturated rings. The first-order valence-electron chi connectivity index (χ1n) is 5.52. The predicted octanol–water partition coefficient (Wildman–Crippen LogP) is 1.44. The predicted molar refractivity (Wildman–Crippen MR) is 64.0 cm³/mol. The Balaban J connectivity index is 2.82. The Kier molecular flexibility index (Phi) is 4.24. The fraction of sp³-hybridized carbons (Fsp3) is 0.417. The largest absolute Gasteiger partial charge is 0.398 e. The van der Waals surface area contributed by atoms with Gasteiger partial charge in [-0.05, 0) is 19.4 Å². The van der Waals surface area contributed by atoms with E-state index in [9.17, 15) is 18.7 Å². The molecule has 0 radical (unpaired) electrons. The lowest BCUT2D eigenvalue weighted by Crippen LogP contribution is -2.40. The summed E-state index contributed by atoms with van der Waals surface area (Å²) in [7, 11) is 0. The van der Waals surface area contributed by atoms with Crippen molar-refractivity contribution in [2.45, 2.75) is 25.9 Å². The molecule has 1 aromatic rings. The number of hydrogen-bond donors (Lipinski definition) is 3. The molecule has 0 heterocycles. The maximum Gasteiger partial charge on any atom is 0.253 e. The van der Waals surface area contributed by atoms with Crippen molar-refractivity contribution in [3.05, 3.63) is 29.3 Å². The number of anilines is 1. The van der Waals surface area contributed by atoms with Crippen molar-refractivity contribution < 1.29 is 18.7 Å². The normalized spacial score (nSPS) is 14.1. The van der Waals surface area contributed by atoms with Gasteiger partial charge in [-0.25, -0.2) is 8.78 Å². The summed E-state index contributed by atoms with van der Waals surface area (Å²) in [4.78, 5) is 11.7. The van der Waals surface area contributed by atoms with Crippen LogP contribution < -0.4 is 11.1 Å². The SMILES string of the molecule is CCC(C)(O)CNC(=O)c1cc(F)c(F)cc1N. The molecule has 4 nitrogen and oxygen atoms in total. The van der Waals surface area contributed by atoms with Crippen molar-refractivity contribution in [3.8, 4) is 0 Å². The molecule has 1 atom stereocenters. The number of rotatable bonds is 4. The quantitative estimate of drug-likeness (QED) is 0.715. The van der Waals surface area contributed by atoms with Crippen LogP contribution >= 0.6 is 0 Å². The van der Waals surface area contributed by atoms with Crippen LogP contribution in [-0.4, -0.2) is 23.2 Å². The van der Waals surface area contributed by atoms with E-state index in [4.69, 9.17) is 5.73 Å². The number of hydrogen-bond acceptors (Lipinski definition) is 3. The number of nitrogens with one attached hydrogen (secondary N) is 1. The maximum absolute atomic E-state index is 13.0. The van der Waals surface area contributed by atoms with Gasteiger partial charge in [0, 0.05) is 18.3 Å². The van der Waals surface area contributed by atoms with Crippen LogP contribution in [0.1, 0.15) is 30.6 Å². The molecule has 0 bridgehead atoms. The minimum Gasteiger partial charge on any atom is -0.398 e. The van der Waals surface area contributed by atoms with Crippen molar-refractivity contribution in [1.29, 1.82) is 0 Å². The standard InChI is InChI=1S/C12H16F2N2O2/c1-3-12(2,18)6-16-11(17)7-4-8(13)9(14)5-10(7)15/h4-5,18H,3,6,15H2,1-2H3,(H,16,17). The molecule has 0 saturated heterocycles. The maximum atomic E-state index is 13.0. The first kappa shape index (κ1) is 14.4. The summed E-state index contributed by atoms with van der Waals surface area (Å²) in [6, 6.07) is 1.49. The molecule has 0 aliphatic heterocycles. The molecule has 0 aliphatic carbocycles. The Morgan fingerprint density at radius 3 is 2.56 bits per heavy atom. The highest BCUT2D eigenvalue weighted by Gasteiger charge is 2.20. The Labute approximate surface area is 104 Å². The smallest absolute Gasteiger partial charge is 0.253 e. The fourth-order valence-electron chi connectivity index (χ4n) is 1.25. The highest BCUT2D eigenvalue weighted by atomic mass is 19.2. The molecular formula is C12H16F2N2O2. The minimum atomic E-state index is -1.14. The second-order valence-corrected chi connectivity index (χ2v) is 4.39. The van der Waals surface area contributed by atoms with Gasteiger partial charge in [-0.3, -0.25) is 4.79 Å². The fourth-order valence-corrected chi connectivity index (χ4v) is 1.25. The van der Waals surface area contributed by atoms with Crippen molar-refractivity contribution in [3.63, 3.8) is 0 Å². The Morgan fingerprint density at radius 1 is 1.44 bits per heavy atom. The van der Waals surface area contributed by atoms with Gasteiger partial charge >= 0.3 is 0 Å². The zero-order chi connectivity index (χ0) is 13.9. The lowest BCUT2D eigenvalue weighted by molar-refractivity contribution is 0.0518. The van der Waals surface area contributed by atoms with Gasteiger partial charge in [-0.1, -0.05) is 6.92 Å². The van der Waals surface area contributed by atoms with Gasteiger partial charge in [-0.2, -0.15) is 0 Å². The molecule has 1 unspecified atom stereocenters. The molecule has 18 heavy (non-hydrogen) atoms. The van der Waals surface area contributed by atoms with Crippen molar-refractivity contribution in [1.82, 2.24) is 5.32 Å². The average Bonchev–Trinajstić information content (AvgIpc) is 2.31. The third-order valence-corrected chi connectivity index (χ3v) is 2.73. The Bertz CT molecular complexity index is 462. The number of carbonyl (C=O) groups excluding carboxylic acids is 1. The first-order chi connectivity index (χ1) is 8.26. The van der Waals surface area contributed by atoms with E-state index in [1.807, 2.05) is 0 Å². The van der Waals surface area contributed by atoms with Crippen LogP contribution in [-0.2, 0) is 0 Å². The van der Waals surface area contributed by atoms with E-state index < -0.39 is 23.1 Å². The van der Waals surface area contributed by atoms with E-state index in [1.54, 1.807) is 13.8 Å². The molecule has 0 aliphatic rings. The van der Waals surface area contributed by atoms with Crippen LogP contribution in [0.3, 0.4) is 0 Å². The second-order valence-electron chi connectivity index (χ2n) is 4.39. The molecule has 1 rings (SSSR count). The number of nitrogens with two attached hydrogens (primary N) is 1. The van der Waals surface area contributed by atoms with Crippen LogP contribution in [0.25, 0.3) is 0 Å². The molecule has 0 aromatic heterocycles. The summed E-state index contributed by atoms with van der Waals surface area (Å²) in [5, 5.41) is 12.1. The number of benzene rings is 1. The highest BCUT2D eigenvalue weighted by Crippen LogP contribution is 2.17. The summed E-state index contributed by atoms with van der Waals surface area (Å²) in [5.74, 6) is -2.90. The first-order valence-corrected chi connectivity index (χ1v) is 5.52. The average molecular weight is 258 g/mol. The number of amides is 1. The molecule has 4 N–H and O–H groups in total. The number of halogens is 2. The zero-order valence-electron chi connectivity index (χ0n) is 10.3. The van der Waals surface area contributed by atoms with Gasteiger partial charge in [0.05, 0.1) is 11.2 Å². The third kappa shape index (κ3) is 3.40. The summed E-state index contributed by atoms with van der Waals surface area (Å²) < 4.78 is 25.8. The molecule has 1 amide bonds. The molecule has 0 spiro atoms. The number of nitrogen functional groups attached to an aromatic ring is 1. The second kappa shape index (κ2) is 5.30. The minimum absolute atomic E-state index is 0.000763. The van der Waals surface area contributed by atoms with Crippen LogP contribution in [0.2, 0.25) is 0 Å². The van der Waals surface area contributed by atoms with Crippen LogP contribution in [0.4, 0.5) is 14.5 Å². The summed E-state index contributed by atoms with van der Waals surface area (Å²) in [5.41, 5.74) is 4.08. The summed E-state index contributed by atoms with van der Waals surface area (Å²) >= 11 is 0. The molecule has 1 aromatic carbocycles. The van der Waals surface area contributed by atoms with Gasteiger partial charge in [-0.15, -0.1) is 0 Å². The Hall–Kier alpha value is -1.69. The molecular weight excluding hydrogens is 242 g/mol. The zero-order valence-corrected chi connectivity index (χ0v) is 10.3. The van der Waals surface area contributed by atoms with Crippen LogP contribution in [0.5, 0.6) is 0 Å². The van der Waals surface area contributed by atoms with Gasteiger partial charge in [0.25, 0.3) is 5.91 Å². The van der Waals surface area contributed by atoms with Gasteiger partial charge in [0.15, 0.2) is 11.6 Å². The van der Waals surface area contributed by atoms with Crippen molar-refractivity contribution in [2.24, 2.45) is 0 Å². The van der Waals surface area contributed by atoms with E-state index in [2.05, 4.69) is 5.32 Å². The van der Waals surface area contributed by atoms with Gasteiger partial charge < -0.3 is 16.2 Å². The third-order valence-electron chi connectivity index (χ3n) is 2.73. The number of aliphatic hydroxyl groups is 1. The molecule has 6 heteroatoms. The van der Waals surface area contributed by atoms with Crippen LogP contribution in [0.15, 0.2) is 12.1 Å². The summed E-state index contributed by atoms with van der Waals surface area (Å²) in [6.45, 7) is 3.32.